The number of hydrogen-bond donors (Lipinski definition) is 3. The highest BCUT2D eigenvalue weighted by Crippen LogP contribution is 2.38. The van der Waals surface area contributed by atoms with E-state index in [1.54, 1.807) is 7.11 Å². The Morgan fingerprint density at radius 3 is 2.51 bits per heavy atom. The second-order valence-electron chi connectivity index (χ2n) is 9.37. The molecule has 0 atom stereocenters. The summed E-state index contributed by atoms with van der Waals surface area (Å²) in [5.41, 5.74) is 2.08. The second-order valence-corrected chi connectivity index (χ2v) is 9.37. The minimum absolute atomic E-state index is 0.250. The van der Waals surface area contributed by atoms with Crippen LogP contribution in [0.15, 0.2) is 36.4 Å². The maximum Gasteiger partial charge on any atom is 0.290 e. The Labute approximate surface area is 206 Å². The number of fused-ring (bicyclic) bond motifs is 2. The van der Waals surface area contributed by atoms with Crippen LogP contribution in [0.5, 0.6) is 11.5 Å². The Morgan fingerprint density at radius 1 is 1.11 bits per heavy atom. The van der Waals surface area contributed by atoms with Gasteiger partial charge in [-0.2, -0.15) is 0 Å². The normalized spacial score (nSPS) is 13.9. The standard InChI is InChI=1S/C26H35N3O3.CH2O2/c1-26(2,30)11-12-27-25-19-9-4-5-10-21(19)28-22-18-24(23(31-3)17-20(22)25)32-16-8-15-29-13-6-7-14-29;2-1-3/h4-5,9-10,17-18,30H,6-8,11-16H2,1-3H3,(H,27,28);1H,(H,2,3). The van der Waals surface area contributed by atoms with Gasteiger partial charge < -0.3 is 29.9 Å². The summed E-state index contributed by atoms with van der Waals surface area (Å²) in [6.45, 7) is 8.21. The van der Waals surface area contributed by atoms with E-state index in [1.807, 2.05) is 44.2 Å². The van der Waals surface area contributed by atoms with Crippen LogP contribution in [0.25, 0.3) is 21.8 Å². The minimum atomic E-state index is -0.723. The van der Waals surface area contributed by atoms with Crippen molar-refractivity contribution < 1.29 is 24.5 Å². The molecule has 2 heterocycles. The Kier molecular flexibility index (Phi) is 9.51. The van der Waals surface area contributed by atoms with Gasteiger partial charge in [0.25, 0.3) is 6.47 Å². The van der Waals surface area contributed by atoms with Gasteiger partial charge in [-0.05, 0) is 64.8 Å². The fraction of sp³-hybridized carbons (Fsp3) is 0.481. The second kappa shape index (κ2) is 12.6. The molecule has 0 unspecified atom stereocenters. The van der Waals surface area contributed by atoms with Gasteiger partial charge in [0.15, 0.2) is 11.5 Å². The number of likely N-dealkylation sites (tertiary alicyclic amines) is 1. The van der Waals surface area contributed by atoms with E-state index in [1.165, 1.54) is 25.9 Å². The van der Waals surface area contributed by atoms with Crippen molar-refractivity contribution in [1.29, 1.82) is 0 Å². The zero-order chi connectivity index (χ0) is 25.3. The van der Waals surface area contributed by atoms with Gasteiger partial charge in [-0.3, -0.25) is 4.79 Å². The zero-order valence-electron chi connectivity index (χ0n) is 20.9. The molecule has 0 radical (unpaired) electrons. The lowest BCUT2D eigenvalue weighted by Crippen LogP contribution is -2.22. The number of rotatable bonds is 10. The molecule has 2 aromatic carbocycles. The monoisotopic (exact) mass is 483 g/mol. The highest BCUT2D eigenvalue weighted by atomic mass is 16.5. The van der Waals surface area contributed by atoms with E-state index in [0.717, 1.165) is 46.2 Å². The first kappa shape index (κ1) is 26.5. The molecule has 0 aliphatic carbocycles. The van der Waals surface area contributed by atoms with Crippen molar-refractivity contribution in [3.8, 4) is 11.5 Å². The molecule has 1 aromatic heterocycles. The first-order valence-corrected chi connectivity index (χ1v) is 12.2. The van der Waals surface area contributed by atoms with E-state index in [4.69, 9.17) is 24.4 Å². The Hall–Kier alpha value is -3.10. The van der Waals surface area contributed by atoms with Crippen LogP contribution in [0.1, 0.15) is 39.5 Å². The molecule has 1 saturated heterocycles. The number of benzene rings is 2. The third-order valence-electron chi connectivity index (χ3n) is 6.08. The molecule has 190 valence electrons. The molecule has 0 saturated carbocycles. The molecular weight excluding hydrogens is 446 g/mol. The van der Waals surface area contributed by atoms with Gasteiger partial charge in [0.05, 0.1) is 36.0 Å². The van der Waals surface area contributed by atoms with Crippen molar-refractivity contribution in [3.05, 3.63) is 36.4 Å². The van der Waals surface area contributed by atoms with E-state index < -0.39 is 5.60 Å². The molecule has 1 aliphatic rings. The molecule has 4 rings (SSSR count). The van der Waals surface area contributed by atoms with Crippen LogP contribution in [-0.2, 0) is 4.79 Å². The topological polar surface area (TPSA) is 104 Å². The highest BCUT2D eigenvalue weighted by molar-refractivity contribution is 6.08. The molecule has 1 aliphatic heterocycles. The molecule has 1 fully saturated rings. The largest absolute Gasteiger partial charge is 0.493 e. The van der Waals surface area contributed by atoms with Crippen molar-refractivity contribution in [2.75, 3.05) is 45.2 Å². The summed E-state index contributed by atoms with van der Waals surface area (Å²) in [7, 11) is 1.67. The smallest absolute Gasteiger partial charge is 0.290 e. The number of methoxy groups -OCH3 is 1. The zero-order valence-corrected chi connectivity index (χ0v) is 20.9. The predicted octanol–water partition coefficient (Wildman–Crippen LogP) is 4.54. The fourth-order valence-electron chi connectivity index (χ4n) is 4.33. The third-order valence-corrected chi connectivity index (χ3v) is 6.08. The highest BCUT2D eigenvalue weighted by Gasteiger charge is 2.17. The maximum absolute atomic E-state index is 10.1. The Balaban J connectivity index is 0.00000108. The lowest BCUT2D eigenvalue weighted by Gasteiger charge is -2.20. The number of carbonyl (C=O) groups is 1. The maximum atomic E-state index is 10.1. The molecule has 3 N–H and O–H groups in total. The Bertz CT molecular complexity index is 1110. The van der Waals surface area contributed by atoms with Crippen LogP contribution >= 0.6 is 0 Å². The van der Waals surface area contributed by atoms with Crippen molar-refractivity contribution >= 4 is 34.0 Å². The molecule has 0 spiro atoms. The molecule has 0 amide bonds. The minimum Gasteiger partial charge on any atom is -0.493 e. The van der Waals surface area contributed by atoms with Crippen molar-refractivity contribution in [2.45, 2.75) is 45.1 Å². The van der Waals surface area contributed by atoms with Gasteiger partial charge in [0.1, 0.15) is 0 Å². The van der Waals surface area contributed by atoms with E-state index >= 15 is 0 Å². The number of nitrogens with zero attached hydrogens (tertiary/aromatic N) is 2. The summed E-state index contributed by atoms with van der Waals surface area (Å²) in [5, 5.41) is 22.6. The number of aliphatic hydroxyl groups is 1. The van der Waals surface area contributed by atoms with Crippen LogP contribution in [0.2, 0.25) is 0 Å². The number of anilines is 1. The molecule has 3 aromatic rings. The van der Waals surface area contributed by atoms with Crippen molar-refractivity contribution in [2.24, 2.45) is 0 Å². The van der Waals surface area contributed by atoms with Crippen LogP contribution in [0.4, 0.5) is 5.69 Å². The van der Waals surface area contributed by atoms with Crippen LogP contribution < -0.4 is 14.8 Å². The average molecular weight is 484 g/mol. The number of para-hydroxylation sites is 1. The van der Waals surface area contributed by atoms with Crippen LogP contribution in [0.3, 0.4) is 0 Å². The number of nitrogens with one attached hydrogen (secondary N) is 1. The van der Waals surface area contributed by atoms with E-state index in [2.05, 4.69) is 16.3 Å². The van der Waals surface area contributed by atoms with Gasteiger partial charge in [-0.25, -0.2) is 4.98 Å². The van der Waals surface area contributed by atoms with Crippen LogP contribution in [-0.4, -0.2) is 72.1 Å². The number of pyridine rings is 1. The van der Waals surface area contributed by atoms with E-state index in [9.17, 15) is 5.11 Å². The van der Waals surface area contributed by atoms with E-state index in [-0.39, 0.29) is 6.47 Å². The first-order valence-electron chi connectivity index (χ1n) is 12.2. The number of carboxylic acid groups (broad SMARTS) is 1. The summed E-state index contributed by atoms with van der Waals surface area (Å²) in [6.07, 6.45) is 4.26. The molecule has 0 bridgehead atoms. The SMILES string of the molecule is COc1cc2c(NCCC(C)(C)O)c3ccccc3nc2cc1OCCCN1CCCC1.O=CO. The summed E-state index contributed by atoms with van der Waals surface area (Å²) in [4.78, 5) is 15.8. The molecule has 8 nitrogen and oxygen atoms in total. The lowest BCUT2D eigenvalue weighted by atomic mass is 10.0. The fourth-order valence-corrected chi connectivity index (χ4v) is 4.33. The van der Waals surface area contributed by atoms with E-state index in [0.29, 0.717) is 25.3 Å². The van der Waals surface area contributed by atoms with Crippen LogP contribution in [0, 0.1) is 0 Å². The lowest BCUT2D eigenvalue weighted by molar-refractivity contribution is -0.122. The van der Waals surface area contributed by atoms with Crippen molar-refractivity contribution in [3.63, 3.8) is 0 Å². The van der Waals surface area contributed by atoms with Gasteiger partial charge in [-0.1, -0.05) is 18.2 Å². The molecular formula is C27H37N3O5. The number of aromatic nitrogens is 1. The molecule has 35 heavy (non-hydrogen) atoms. The summed E-state index contributed by atoms with van der Waals surface area (Å²) in [5.74, 6) is 1.44. The third kappa shape index (κ3) is 7.44. The summed E-state index contributed by atoms with van der Waals surface area (Å²) < 4.78 is 11.8. The molecule has 8 heteroatoms. The summed E-state index contributed by atoms with van der Waals surface area (Å²) >= 11 is 0. The van der Waals surface area contributed by atoms with Gasteiger partial charge >= 0.3 is 0 Å². The van der Waals surface area contributed by atoms with Gasteiger partial charge in [0, 0.05) is 29.9 Å². The Morgan fingerprint density at radius 2 is 1.83 bits per heavy atom. The van der Waals surface area contributed by atoms with Gasteiger partial charge in [-0.15, -0.1) is 0 Å². The summed E-state index contributed by atoms with van der Waals surface area (Å²) in [6, 6.07) is 12.1. The number of ether oxygens (including phenoxy) is 2. The number of hydrogen-bond acceptors (Lipinski definition) is 7. The average Bonchev–Trinajstić information content (AvgIpc) is 3.34. The predicted molar refractivity (Wildman–Crippen MR) is 140 cm³/mol. The first-order chi connectivity index (χ1) is 16.9. The quantitative estimate of drug-likeness (QED) is 0.219. The van der Waals surface area contributed by atoms with Gasteiger partial charge in [0.2, 0.25) is 0 Å². The van der Waals surface area contributed by atoms with Crippen molar-refractivity contribution in [1.82, 2.24) is 9.88 Å².